The number of para-hydroxylation sites is 1. The van der Waals surface area contributed by atoms with Crippen molar-refractivity contribution in [2.75, 3.05) is 34.9 Å². The third kappa shape index (κ3) is 3.30. The number of hydrogen-bond donors (Lipinski definition) is 0. The highest BCUT2D eigenvalue weighted by Gasteiger charge is 2.38. The van der Waals surface area contributed by atoms with Gasteiger partial charge in [0.05, 0.1) is 23.5 Å². The maximum Gasteiger partial charge on any atom is 0.256 e. The number of anilines is 3. The van der Waals surface area contributed by atoms with Crippen molar-refractivity contribution < 1.29 is 14.3 Å². The quantitative estimate of drug-likeness (QED) is 0.745. The molecule has 3 aliphatic heterocycles. The average Bonchev–Trinajstić information content (AvgIpc) is 3.41. The zero-order valence-electron chi connectivity index (χ0n) is 18.4. The molecule has 0 bridgehead atoms. The van der Waals surface area contributed by atoms with E-state index in [4.69, 9.17) is 4.74 Å². The van der Waals surface area contributed by atoms with Crippen LogP contribution < -0.4 is 14.7 Å². The largest absolute Gasteiger partial charge is 0.368 e. The van der Waals surface area contributed by atoms with E-state index in [1.54, 1.807) is 6.92 Å². The summed E-state index contributed by atoms with van der Waals surface area (Å²) in [4.78, 5) is 31.7. The fraction of sp³-hybridized carbons (Fsp3) is 0.440. The van der Waals surface area contributed by atoms with E-state index in [0.717, 1.165) is 36.2 Å². The molecule has 0 aliphatic carbocycles. The highest BCUT2D eigenvalue weighted by molar-refractivity contribution is 6.05. The SMILES string of the molecule is CC(=O)N1c2ccc(C3Cc4ccccc4N3C)cc2N(C(=O)C2CCCO2)C[C@@H]1C. The maximum atomic E-state index is 13.3. The van der Waals surface area contributed by atoms with Crippen LogP contribution in [0.1, 0.15) is 43.9 Å². The Morgan fingerprint density at radius 3 is 2.58 bits per heavy atom. The number of likely N-dealkylation sites (N-methyl/N-ethyl adjacent to an activating group) is 1. The number of hydrogen-bond acceptors (Lipinski definition) is 4. The lowest BCUT2D eigenvalue weighted by atomic mass is 9.98. The predicted octanol–water partition coefficient (Wildman–Crippen LogP) is 3.69. The van der Waals surface area contributed by atoms with Crippen LogP contribution in [0.15, 0.2) is 42.5 Å². The molecule has 2 aromatic carbocycles. The van der Waals surface area contributed by atoms with Crippen molar-refractivity contribution in [1.29, 1.82) is 0 Å². The first kappa shape index (κ1) is 20.1. The molecule has 0 aromatic heterocycles. The molecule has 0 spiro atoms. The van der Waals surface area contributed by atoms with E-state index >= 15 is 0 Å². The first-order valence-corrected chi connectivity index (χ1v) is 11.1. The van der Waals surface area contributed by atoms with Crippen LogP contribution in [-0.2, 0) is 20.7 Å². The standard InChI is InChI=1S/C25H29N3O3/c1-16-15-27(25(30)24-9-6-12-31-24)23-14-19(10-11-21(23)28(16)17(2)29)22-13-18-7-4-5-8-20(18)26(22)3/h4-5,7-8,10-11,14,16,22,24H,6,9,12-13,15H2,1-3H3/t16-,22?,24?/m0/s1. The van der Waals surface area contributed by atoms with Crippen LogP contribution >= 0.6 is 0 Å². The normalized spacial score (nSPS) is 24.9. The molecule has 3 aliphatic rings. The van der Waals surface area contributed by atoms with Crippen molar-refractivity contribution >= 4 is 28.9 Å². The summed E-state index contributed by atoms with van der Waals surface area (Å²) in [5.74, 6) is 0.00474. The summed E-state index contributed by atoms with van der Waals surface area (Å²) in [7, 11) is 2.12. The third-order valence-corrected chi connectivity index (χ3v) is 6.88. The lowest BCUT2D eigenvalue weighted by molar-refractivity contribution is -0.127. The van der Waals surface area contributed by atoms with Crippen LogP contribution in [0.2, 0.25) is 0 Å². The molecule has 0 N–H and O–H groups in total. The Hall–Kier alpha value is -2.86. The van der Waals surface area contributed by atoms with Crippen molar-refractivity contribution in [3.05, 3.63) is 53.6 Å². The van der Waals surface area contributed by atoms with Gasteiger partial charge in [-0.3, -0.25) is 9.59 Å². The molecular formula is C25H29N3O3. The van der Waals surface area contributed by atoms with Gasteiger partial charge in [-0.05, 0) is 55.5 Å². The van der Waals surface area contributed by atoms with E-state index in [0.29, 0.717) is 13.2 Å². The molecule has 2 unspecified atom stereocenters. The molecule has 3 atom stereocenters. The summed E-state index contributed by atoms with van der Waals surface area (Å²) in [6, 6.07) is 14.8. The van der Waals surface area contributed by atoms with Crippen LogP contribution in [0.25, 0.3) is 0 Å². The smallest absolute Gasteiger partial charge is 0.256 e. The Labute approximate surface area is 183 Å². The van der Waals surface area contributed by atoms with Gasteiger partial charge in [0.1, 0.15) is 6.10 Å². The molecule has 31 heavy (non-hydrogen) atoms. The highest BCUT2D eigenvalue weighted by atomic mass is 16.5. The summed E-state index contributed by atoms with van der Waals surface area (Å²) in [6.45, 7) is 4.70. The summed E-state index contributed by atoms with van der Waals surface area (Å²) in [5.41, 5.74) is 5.35. The number of nitrogens with zero attached hydrogens (tertiary/aromatic N) is 3. The Balaban J connectivity index is 1.55. The van der Waals surface area contributed by atoms with Crippen LogP contribution in [-0.4, -0.2) is 44.2 Å². The van der Waals surface area contributed by atoms with E-state index in [2.05, 4.69) is 48.3 Å². The van der Waals surface area contributed by atoms with Crippen LogP contribution in [0.3, 0.4) is 0 Å². The molecule has 2 amide bonds. The van der Waals surface area contributed by atoms with Gasteiger partial charge in [-0.2, -0.15) is 0 Å². The molecule has 6 heteroatoms. The van der Waals surface area contributed by atoms with Crippen LogP contribution in [0.5, 0.6) is 0 Å². The Kier molecular flexibility index (Phi) is 4.97. The average molecular weight is 420 g/mol. The lowest BCUT2D eigenvalue weighted by Crippen LogP contribution is -2.53. The molecule has 1 saturated heterocycles. The van der Waals surface area contributed by atoms with Crippen molar-refractivity contribution in [2.45, 2.75) is 51.3 Å². The predicted molar refractivity (Wildman–Crippen MR) is 122 cm³/mol. The Bertz CT molecular complexity index is 1030. The van der Waals surface area contributed by atoms with Gasteiger partial charge in [0.15, 0.2) is 0 Å². The van der Waals surface area contributed by atoms with Gasteiger partial charge in [-0.15, -0.1) is 0 Å². The summed E-state index contributed by atoms with van der Waals surface area (Å²) in [6.07, 6.45) is 2.22. The number of benzene rings is 2. The molecule has 2 aromatic rings. The first-order valence-electron chi connectivity index (χ1n) is 11.1. The van der Waals surface area contributed by atoms with Crippen LogP contribution in [0, 0.1) is 0 Å². The van der Waals surface area contributed by atoms with E-state index in [1.807, 2.05) is 22.8 Å². The second kappa shape index (κ2) is 7.68. The fourth-order valence-electron chi connectivity index (χ4n) is 5.37. The number of rotatable bonds is 2. The molecule has 6 nitrogen and oxygen atoms in total. The van der Waals surface area contributed by atoms with Crippen molar-refractivity contribution in [3.8, 4) is 0 Å². The lowest BCUT2D eigenvalue weighted by Gasteiger charge is -2.42. The van der Waals surface area contributed by atoms with Gasteiger partial charge >= 0.3 is 0 Å². The van der Waals surface area contributed by atoms with E-state index in [9.17, 15) is 9.59 Å². The minimum atomic E-state index is -0.383. The topological polar surface area (TPSA) is 53.1 Å². The minimum Gasteiger partial charge on any atom is -0.368 e. The first-order chi connectivity index (χ1) is 15.0. The van der Waals surface area contributed by atoms with Gasteiger partial charge in [0.2, 0.25) is 5.91 Å². The number of ether oxygens (including phenoxy) is 1. The summed E-state index contributed by atoms with van der Waals surface area (Å²) in [5, 5.41) is 0. The second-order valence-corrected chi connectivity index (χ2v) is 8.90. The number of fused-ring (bicyclic) bond motifs is 2. The van der Waals surface area contributed by atoms with Gasteiger partial charge in [0.25, 0.3) is 5.91 Å². The van der Waals surface area contributed by atoms with E-state index in [-0.39, 0.29) is 30.0 Å². The molecule has 3 heterocycles. The van der Waals surface area contributed by atoms with Gasteiger partial charge < -0.3 is 19.4 Å². The Morgan fingerprint density at radius 1 is 1.06 bits per heavy atom. The third-order valence-electron chi connectivity index (χ3n) is 6.88. The zero-order valence-corrected chi connectivity index (χ0v) is 18.4. The van der Waals surface area contributed by atoms with E-state index < -0.39 is 0 Å². The zero-order chi connectivity index (χ0) is 21.7. The van der Waals surface area contributed by atoms with E-state index in [1.165, 1.54) is 11.3 Å². The minimum absolute atomic E-state index is 0.00361. The monoisotopic (exact) mass is 419 g/mol. The second-order valence-electron chi connectivity index (χ2n) is 8.90. The molecule has 5 rings (SSSR count). The molecular weight excluding hydrogens is 390 g/mol. The molecule has 0 radical (unpaired) electrons. The molecule has 0 saturated carbocycles. The Morgan fingerprint density at radius 2 is 1.87 bits per heavy atom. The fourth-order valence-corrected chi connectivity index (χ4v) is 5.37. The van der Waals surface area contributed by atoms with Crippen molar-refractivity contribution in [3.63, 3.8) is 0 Å². The summed E-state index contributed by atoms with van der Waals surface area (Å²) < 4.78 is 5.70. The van der Waals surface area contributed by atoms with Gasteiger partial charge in [0, 0.05) is 32.8 Å². The van der Waals surface area contributed by atoms with Crippen molar-refractivity contribution in [1.82, 2.24) is 0 Å². The number of amides is 2. The molecule has 1 fully saturated rings. The molecule has 162 valence electrons. The van der Waals surface area contributed by atoms with Gasteiger partial charge in [-0.25, -0.2) is 0 Å². The van der Waals surface area contributed by atoms with Crippen LogP contribution in [0.4, 0.5) is 17.1 Å². The number of carbonyl (C=O) groups is 2. The van der Waals surface area contributed by atoms with Crippen molar-refractivity contribution in [2.24, 2.45) is 0 Å². The highest BCUT2D eigenvalue weighted by Crippen LogP contribution is 2.43. The number of carbonyl (C=O) groups excluding carboxylic acids is 2. The maximum absolute atomic E-state index is 13.3. The van der Waals surface area contributed by atoms with Gasteiger partial charge in [-0.1, -0.05) is 24.3 Å². The summed E-state index contributed by atoms with van der Waals surface area (Å²) >= 11 is 0.